The van der Waals surface area contributed by atoms with Crippen LogP contribution in [0.15, 0.2) is 0 Å². The molecule has 0 aromatic carbocycles. The van der Waals surface area contributed by atoms with Crippen molar-refractivity contribution in [1.82, 2.24) is 4.90 Å². The Morgan fingerprint density at radius 2 is 1.62 bits per heavy atom. The summed E-state index contributed by atoms with van der Waals surface area (Å²) < 4.78 is 12.1. The zero-order chi connectivity index (χ0) is 20.3. The molecule has 1 N–H and O–H groups in total. The predicted molar refractivity (Wildman–Crippen MR) is 109 cm³/mol. The van der Waals surface area contributed by atoms with Gasteiger partial charge >= 0.3 is 6.09 Å². The minimum absolute atomic E-state index is 0.0561. The number of aliphatic hydroxyl groups excluding tert-OH is 1. The van der Waals surface area contributed by atoms with Crippen LogP contribution in [0.1, 0.15) is 68.7 Å². The van der Waals surface area contributed by atoms with Crippen LogP contribution in [0.2, 0.25) is 16.6 Å². The molecule has 154 valence electrons. The van der Waals surface area contributed by atoms with Crippen LogP contribution in [0.25, 0.3) is 0 Å². The number of aliphatic hydroxyl groups is 1. The average molecular weight is 388 g/mol. The van der Waals surface area contributed by atoms with Gasteiger partial charge < -0.3 is 19.2 Å². The highest BCUT2D eigenvalue weighted by Crippen LogP contribution is 2.42. The Hall–Kier alpha value is -0.593. The van der Waals surface area contributed by atoms with Crippen LogP contribution in [0.4, 0.5) is 4.79 Å². The van der Waals surface area contributed by atoms with E-state index < -0.39 is 20.0 Å². The summed E-state index contributed by atoms with van der Waals surface area (Å²) in [4.78, 5) is 14.1. The van der Waals surface area contributed by atoms with E-state index in [1.165, 1.54) is 0 Å². The van der Waals surface area contributed by atoms with Gasteiger partial charge in [0.2, 0.25) is 0 Å². The quantitative estimate of drug-likeness (QED) is 0.665. The van der Waals surface area contributed by atoms with Crippen LogP contribution < -0.4 is 0 Å². The highest BCUT2D eigenvalue weighted by atomic mass is 28.4. The minimum Gasteiger partial charge on any atom is -0.444 e. The van der Waals surface area contributed by atoms with Crippen molar-refractivity contribution in [3.8, 4) is 0 Å². The number of amides is 1. The number of nitrogens with zero attached hydrogens (tertiary/aromatic N) is 1. The molecule has 26 heavy (non-hydrogen) atoms. The maximum absolute atomic E-state index is 12.4. The molecule has 1 fully saturated rings. The van der Waals surface area contributed by atoms with Gasteiger partial charge in [0.05, 0.1) is 6.10 Å². The van der Waals surface area contributed by atoms with Gasteiger partial charge in [-0.3, -0.25) is 0 Å². The molecule has 2 atom stereocenters. The maximum atomic E-state index is 12.4. The fourth-order valence-electron chi connectivity index (χ4n) is 4.43. The van der Waals surface area contributed by atoms with Gasteiger partial charge in [-0.1, -0.05) is 41.5 Å². The normalized spacial score (nSPS) is 22.4. The molecule has 0 bridgehead atoms. The Kier molecular flexibility index (Phi) is 8.17. The topological polar surface area (TPSA) is 59.0 Å². The zero-order valence-electron chi connectivity index (χ0n) is 18.3. The fraction of sp³-hybridized carbons (Fsp3) is 0.950. The van der Waals surface area contributed by atoms with E-state index in [1.807, 2.05) is 20.8 Å². The molecule has 0 aromatic rings. The van der Waals surface area contributed by atoms with Gasteiger partial charge in [0.15, 0.2) is 8.32 Å². The van der Waals surface area contributed by atoms with E-state index in [0.717, 1.165) is 0 Å². The van der Waals surface area contributed by atoms with E-state index in [2.05, 4.69) is 41.5 Å². The van der Waals surface area contributed by atoms with Crippen molar-refractivity contribution < 1.29 is 19.1 Å². The minimum atomic E-state index is -1.97. The van der Waals surface area contributed by atoms with E-state index in [4.69, 9.17) is 9.16 Å². The Bertz CT molecular complexity index is 437. The summed E-state index contributed by atoms with van der Waals surface area (Å²) in [5.41, 5.74) is 1.01. The van der Waals surface area contributed by atoms with Crippen molar-refractivity contribution in [2.45, 2.75) is 97.1 Å². The van der Waals surface area contributed by atoms with Gasteiger partial charge in [0, 0.05) is 25.6 Å². The Morgan fingerprint density at radius 1 is 1.12 bits per heavy atom. The van der Waals surface area contributed by atoms with Crippen LogP contribution in [0, 0.1) is 5.92 Å². The van der Waals surface area contributed by atoms with Crippen LogP contribution in [0.3, 0.4) is 0 Å². The Morgan fingerprint density at radius 3 is 2.04 bits per heavy atom. The second-order valence-electron chi connectivity index (χ2n) is 9.67. The number of ether oxygens (including phenoxy) is 1. The van der Waals surface area contributed by atoms with E-state index >= 15 is 0 Å². The van der Waals surface area contributed by atoms with E-state index in [1.54, 1.807) is 4.90 Å². The molecule has 1 heterocycles. The lowest BCUT2D eigenvalue weighted by atomic mass is 9.96. The van der Waals surface area contributed by atoms with E-state index in [-0.39, 0.29) is 12.0 Å². The molecule has 1 aliphatic rings. The van der Waals surface area contributed by atoms with Crippen molar-refractivity contribution in [1.29, 1.82) is 0 Å². The standard InChI is InChI=1S/C20H41NO4Si/c1-14(2)26(15(3)4,16(5)6)24-13-17-12-21(11-10-18(17)22)19(23)25-20(7,8)9/h14-18,22H,10-13H2,1-9H3. The van der Waals surface area contributed by atoms with Crippen molar-refractivity contribution in [2.75, 3.05) is 19.7 Å². The summed E-state index contributed by atoms with van der Waals surface area (Å²) in [6.07, 6.45) is -0.145. The molecule has 0 aromatic heterocycles. The molecule has 0 spiro atoms. The van der Waals surface area contributed by atoms with Crippen LogP contribution in [-0.2, 0) is 9.16 Å². The molecular formula is C20H41NO4Si. The predicted octanol–water partition coefficient (Wildman–Crippen LogP) is 4.80. The van der Waals surface area contributed by atoms with E-state index in [9.17, 15) is 9.90 Å². The molecule has 0 aliphatic carbocycles. The molecule has 1 amide bonds. The zero-order valence-corrected chi connectivity index (χ0v) is 19.3. The molecule has 0 radical (unpaired) electrons. The van der Waals surface area contributed by atoms with Crippen LogP contribution in [0.5, 0.6) is 0 Å². The first-order chi connectivity index (χ1) is 11.8. The molecule has 5 nitrogen and oxygen atoms in total. The van der Waals surface area contributed by atoms with Crippen molar-refractivity contribution in [3.63, 3.8) is 0 Å². The number of hydrogen-bond acceptors (Lipinski definition) is 4. The fourth-order valence-corrected chi connectivity index (χ4v) is 9.93. The summed E-state index contributed by atoms with van der Waals surface area (Å²) in [6.45, 7) is 20.7. The van der Waals surface area contributed by atoms with Crippen molar-refractivity contribution in [3.05, 3.63) is 0 Å². The molecule has 1 aliphatic heterocycles. The SMILES string of the molecule is CC(C)[Si](OCC1CN(C(=O)OC(C)(C)C)CCC1O)(C(C)C)C(C)C. The summed E-state index contributed by atoms with van der Waals surface area (Å²) in [5.74, 6) is -0.0561. The number of carbonyl (C=O) groups excluding carboxylic acids is 1. The van der Waals surface area contributed by atoms with Gasteiger partial charge in [0.1, 0.15) is 5.60 Å². The number of likely N-dealkylation sites (tertiary alicyclic amines) is 1. The highest BCUT2D eigenvalue weighted by Gasteiger charge is 2.46. The first-order valence-corrected chi connectivity index (χ1v) is 12.2. The lowest BCUT2D eigenvalue weighted by molar-refractivity contribution is -0.0193. The lowest BCUT2D eigenvalue weighted by Crippen LogP contribution is -2.53. The van der Waals surface area contributed by atoms with Crippen LogP contribution >= 0.6 is 0 Å². The first kappa shape index (κ1) is 23.4. The molecule has 1 rings (SSSR count). The van der Waals surface area contributed by atoms with Crippen LogP contribution in [-0.4, -0.2) is 55.8 Å². The van der Waals surface area contributed by atoms with Gasteiger partial charge in [-0.15, -0.1) is 0 Å². The summed E-state index contributed by atoms with van der Waals surface area (Å²) in [5, 5.41) is 10.5. The van der Waals surface area contributed by atoms with Gasteiger partial charge in [-0.25, -0.2) is 4.79 Å². The number of carbonyl (C=O) groups is 1. The first-order valence-electron chi connectivity index (χ1n) is 10.1. The van der Waals surface area contributed by atoms with Crippen molar-refractivity contribution in [2.24, 2.45) is 5.92 Å². The molecule has 6 heteroatoms. The monoisotopic (exact) mass is 387 g/mol. The smallest absolute Gasteiger partial charge is 0.410 e. The van der Waals surface area contributed by atoms with E-state index in [0.29, 0.717) is 42.7 Å². The highest BCUT2D eigenvalue weighted by molar-refractivity contribution is 6.77. The second kappa shape index (κ2) is 9.07. The Labute approximate surface area is 161 Å². The lowest BCUT2D eigenvalue weighted by Gasteiger charge is -2.44. The third-order valence-corrected chi connectivity index (χ3v) is 11.7. The summed E-state index contributed by atoms with van der Waals surface area (Å²) >= 11 is 0. The largest absolute Gasteiger partial charge is 0.444 e. The third kappa shape index (κ3) is 5.70. The van der Waals surface area contributed by atoms with Gasteiger partial charge in [-0.2, -0.15) is 0 Å². The molecule has 1 saturated heterocycles. The number of hydrogen-bond donors (Lipinski definition) is 1. The summed E-state index contributed by atoms with van der Waals surface area (Å²) in [7, 11) is -1.97. The summed E-state index contributed by atoms with van der Waals surface area (Å²) in [6, 6.07) is 0. The number of piperidine rings is 1. The average Bonchev–Trinajstić information content (AvgIpc) is 2.46. The third-order valence-electron chi connectivity index (χ3n) is 5.60. The van der Waals surface area contributed by atoms with Crippen molar-refractivity contribution >= 4 is 14.4 Å². The second-order valence-corrected chi connectivity index (χ2v) is 15.1. The molecular weight excluding hydrogens is 346 g/mol. The van der Waals surface area contributed by atoms with Gasteiger partial charge in [0.25, 0.3) is 0 Å². The maximum Gasteiger partial charge on any atom is 0.410 e. The van der Waals surface area contributed by atoms with Gasteiger partial charge in [-0.05, 0) is 43.8 Å². The number of rotatable bonds is 6. The Balaban J connectivity index is 2.82. The molecule has 2 unspecified atom stereocenters. The molecule has 0 saturated carbocycles.